The second-order valence-electron chi connectivity index (χ2n) is 7.47. The normalized spacial score (nSPS) is 20.0. The van der Waals surface area contributed by atoms with Gasteiger partial charge in [0.25, 0.3) is 0 Å². The number of hydrogen-bond donors (Lipinski definition) is 1. The molecule has 1 aliphatic heterocycles. The van der Waals surface area contributed by atoms with Crippen LogP contribution in [0, 0.1) is 12.8 Å². The molecule has 2 rings (SSSR count). The summed E-state index contributed by atoms with van der Waals surface area (Å²) in [5.41, 5.74) is 1.01. The molecule has 1 aromatic carbocycles. The fourth-order valence-electron chi connectivity index (χ4n) is 3.13. The van der Waals surface area contributed by atoms with Crippen molar-refractivity contribution >= 4 is 15.9 Å². The monoisotopic (exact) mass is 366 g/mol. The van der Waals surface area contributed by atoms with E-state index in [0.29, 0.717) is 25.3 Å². The highest BCUT2D eigenvalue weighted by Gasteiger charge is 2.39. The summed E-state index contributed by atoms with van der Waals surface area (Å²) < 4.78 is 27.2. The van der Waals surface area contributed by atoms with Gasteiger partial charge in [-0.3, -0.25) is 4.79 Å². The largest absolute Gasteiger partial charge is 0.352 e. The Morgan fingerprint density at radius 2 is 1.84 bits per heavy atom. The highest BCUT2D eigenvalue weighted by molar-refractivity contribution is 7.89. The Bertz CT molecular complexity index is 683. The minimum Gasteiger partial charge on any atom is -0.352 e. The van der Waals surface area contributed by atoms with Crippen LogP contribution in [0.25, 0.3) is 0 Å². The lowest BCUT2D eigenvalue weighted by Crippen LogP contribution is -2.48. The average molecular weight is 367 g/mol. The first-order valence-electron chi connectivity index (χ1n) is 9.10. The highest BCUT2D eigenvalue weighted by Crippen LogP contribution is 2.26. The van der Waals surface area contributed by atoms with E-state index in [1.807, 2.05) is 13.8 Å². The zero-order chi connectivity index (χ0) is 18.6. The molecule has 1 amide bonds. The molecule has 5 nitrogen and oxygen atoms in total. The van der Waals surface area contributed by atoms with Gasteiger partial charge in [-0.25, -0.2) is 8.42 Å². The van der Waals surface area contributed by atoms with Crippen LogP contribution in [0.3, 0.4) is 0 Å². The molecule has 2 atom stereocenters. The predicted molar refractivity (Wildman–Crippen MR) is 99.8 cm³/mol. The number of nitrogens with zero attached hydrogens (tertiary/aromatic N) is 1. The van der Waals surface area contributed by atoms with E-state index in [2.05, 4.69) is 19.2 Å². The number of nitrogens with one attached hydrogen (secondary N) is 1. The molecule has 6 heteroatoms. The number of amides is 1. The second-order valence-corrected chi connectivity index (χ2v) is 9.36. The molecule has 1 N–H and O–H groups in total. The van der Waals surface area contributed by atoms with Gasteiger partial charge in [-0.15, -0.1) is 0 Å². The minimum atomic E-state index is -3.64. The van der Waals surface area contributed by atoms with Crippen molar-refractivity contribution in [2.24, 2.45) is 5.92 Å². The van der Waals surface area contributed by atoms with Crippen molar-refractivity contribution in [2.75, 3.05) is 6.54 Å². The molecule has 0 bridgehead atoms. The Kier molecular flexibility index (Phi) is 6.63. The van der Waals surface area contributed by atoms with E-state index in [9.17, 15) is 13.2 Å². The molecule has 0 unspecified atom stereocenters. The number of hydrogen-bond acceptors (Lipinski definition) is 3. The molecule has 1 aromatic rings. The fraction of sp³-hybridized carbons (Fsp3) is 0.632. The van der Waals surface area contributed by atoms with E-state index in [1.165, 1.54) is 4.31 Å². The molecule has 0 saturated carbocycles. The van der Waals surface area contributed by atoms with Crippen molar-refractivity contribution in [1.29, 1.82) is 0 Å². The number of carbonyl (C=O) groups excluding carboxylic acids is 1. The van der Waals surface area contributed by atoms with Crippen LogP contribution in [-0.2, 0) is 14.8 Å². The van der Waals surface area contributed by atoms with Crippen LogP contribution < -0.4 is 5.32 Å². The van der Waals surface area contributed by atoms with Crippen molar-refractivity contribution < 1.29 is 13.2 Å². The van der Waals surface area contributed by atoms with Crippen molar-refractivity contribution in [2.45, 2.75) is 70.4 Å². The maximum absolute atomic E-state index is 12.9. The summed E-state index contributed by atoms with van der Waals surface area (Å²) in [5, 5.41) is 2.99. The van der Waals surface area contributed by atoms with Crippen LogP contribution in [0.2, 0.25) is 0 Å². The highest BCUT2D eigenvalue weighted by atomic mass is 32.2. The standard InChI is InChI=1S/C19H30N2O3S/c1-14(2)7-10-16(4)20-19(22)18-6-5-13-21(18)25(23,24)17-11-8-15(3)9-12-17/h8-9,11-12,14,16,18H,5-7,10,13H2,1-4H3,(H,20,22)/t16-,18+/m1/s1. The summed E-state index contributed by atoms with van der Waals surface area (Å²) in [5.74, 6) is 0.411. The lowest BCUT2D eigenvalue weighted by atomic mass is 10.0. The fourth-order valence-corrected chi connectivity index (χ4v) is 4.79. The zero-order valence-corrected chi connectivity index (χ0v) is 16.5. The molecule has 25 heavy (non-hydrogen) atoms. The number of benzene rings is 1. The molecular formula is C19H30N2O3S. The Morgan fingerprint density at radius 1 is 1.20 bits per heavy atom. The van der Waals surface area contributed by atoms with Gasteiger partial charge >= 0.3 is 0 Å². The molecule has 0 aliphatic carbocycles. The van der Waals surface area contributed by atoms with E-state index in [4.69, 9.17) is 0 Å². The van der Waals surface area contributed by atoms with Gasteiger partial charge in [0.15, 0.2) is 0 Å². The molecule has 1 heterocycles. The van der Waals surface area contributed by atoms with E-state index in [0.717, 1.165) is 18.4 Å². The topological polar surface area (TPSA) is 66.5 Å². The van der Waals surface area contributed by atoms with Gasteiger partial charge < -0.3 is 5.32 Å². The summed E-state index contributed by atoms with van der Waals surface area (Å²) in [6, 6.07) is 6.25. The van der Waals surface area contributed by atoms with Gasteiger partial charge in [0.2, 0.25) is 15.9 Å². The SMILES string of the molecule is Cc1ccc(S(=O)(=O)N2CCC[C@H]2C(=O)N[C@H](C)CCC(C)C)cc1. The lowest BCUT2D eigenvalue weighted by molar-refractivity contribution is -0.124. The molecule has 1 saturated heterocycles. The van der Waals surface area contributed by atoms with Crippen molar-refractivity contribution in [3.05, 3.63) is 29.8 Å². The molecule has 1 aliphatic rings. The van der Waals surface area contributed by atoms with Gasteiger partial charge in [-0.05, 0) is 57.6 Å². The van der Waals surface area contributed by atoms with Crippen LogP contribution in [0.5, 0.6) is 0 Å². The van der Waals surface area contributed by atoms with Crippen molar-refractivity contribution in [3.8, 4) is 0 Å². The average Bonchev–Trinajstić information content (AvgIpc) is 3.04. The number of aryl methyl sites for hydroxylation is 1. The minimum absolute atomic E-state index is 0.0550. The summed E-state index contributed by atoms with van der Waals surface area (Å²) in [6.07, 6.45) is 3.23. The van der Waals surface area contributed by atoms with Crippen LogP contribution >= 0.6 is 0 Å². The summed E-state index contributed by atoms with van der Waals surface area (Å²) in [4.78, 5) is 12.9. The van der Waals surface area contributed by atoms with Crippen molar-refractivity contribution in [1.82, 2.24) is 9.62 Å². The Labute approximate surface area is 151 Å². The quantitative estimate of drug-likeness (QED) is 0.806. The van der Waals surface area contributed by atoms with Gasteiger partial charge in [0.1, 0.15) is 6.04 Å². The first-order chi connectivity index (χ1) is 11.7. The number of rotatable bonds is 7. The lowest BCUT2D eigenvalue weighted by Gasteiger charge is -2.25. The molecular weight excluding hydrogens is 336 g/mol. The third kappa shape index (κ3) is 5.05. The number of carbonyl (C=O) groups is 1. The Balaban J connectivity index is 2.08. The third-order valence-electron chi connectivity index (χ3n) is 4.70. The Hall–Kier alpha value is -1.40. The molecule has 0 radical (unpaired) electrons. The Morgan fingerprint density at radius 3 is 2.44 bits per heavy atom. The van der Waals surface area contributed by atoms with Gasteiger partial charge in [-0.1, -0.05) is 31.5 Å². The van der Waals surface area contributed by atoms with Crippen LogP contribution in [0.4, 0.5) is 0 Å². The van der Waals surface area contributed by atoms with Gasteiger partial charge in [0, 0.05) is 12.6 Å². The summed E-state index contributed by atoms with van der Waals surface area (Å²) >= 11 is 0. The molecule has 0 aromatic heterocycles. The molecule has 0 spiro atoms. The number of sulfonamides is 1. The van der Waals surface area contributed by atoms with Crippen molar-refractivity contribution in [3.63, 3.8) is 0 Å². The molecule has 140 valence electrons. The summed E-state index contributed by atoms with van der Waals surface area (Å²) in [6.45, 7) is 8.60. The first-order valence-corrected chi connectivity index (χ1v) is 10.5. The maximum atomic E-state index is 12.9. The van der Waals surface area contributed by atoms with Gasteiger partial charge in [-0.2, -0.15) is 4.31 Å². The molecule has 1 fully saturated rings. The van der Waals surface area contributed by atoms with E-state index >= 15 is 0 Å². The smallest absolute Gasteiger partial charge is 0.243 e. The third-order valence-corrected chi connectivity index (χ3v) is 6.62. The maximum Gasteiger partial charge on any atom is 0.243 e. The van der Waals surface area contributed by atoms with Crippen LogP contribution in [-0.4, -0.2) is 37.3 Å². The van der Waals surface area contributed by atoms with E-state index in [-0.39, 0.29) is 16.8 Å². The second kappa shape index (κ2) is 8.32. The van der Waals surface area contributed by atoms with Crippen LogP contribution in [0.1, 0.15) is 52.0 Å². The first kappa shape index (κ1) is 19.9. The summed E-state index contributed by atoms with van der Waals surface area (Å²) in [7, 11) is -3.64. The van der Waals surface area contributed by atoms with Gasteiger partial charge in [0.05, 0.1) is 4.90 Å². The zero-order valence-electron chi connectivity index (χ0n) is 15.7. The predicted octanol–water partition coefficient (Wildman–Crippen LogP) is 3.09. The van der Waals surface area contributed by atoms with E-state index < -0.39 is 16.1 Å². The van der Waals surface area contributed by atoms with Crippen LogP contribution in [0.15, 0.2) is 29.2 Å². The van der Waals surface area contributed by atoms with E-state index in [1.54, 1.807) is 24.3 Å².